The van der Waals surface area contributed by atoms with Crippen molar-refractivity contribution in [3.8, 4) is 0 Å². The third-order valence-corrected chi connectivity index (χ3v) is 3.67. The van der Waals surface area contributed by atoms with Gasteiger partial charge in [-0.25, -0.2) is 0 Å². The highest BCUT2D eigenvalue weighted by Crippen LogP contribution is 2.17. The molecule has 2 aromatic carbocycles. The number of hydrogen-bond acceptors (Lipinski definition) is 2. The average molecular weight is 310 g/mol. The minimum atomic E-state index is -0.109. The maximum atomic E-state index is 12.2. The van der Waals surface area contributed by atoms with Crippen molar-refractivity contribution < 1.29 is 9.59 Å². The van der Waals surface area contributed by atoms with Crippen LogP contribution in [0.5, 0.6) is 0 Å². The quantitative estimate of drug-likeness (QED) is 0.889. The van der Waals surface area contributed by atoms with Crippen molar-refractivity contribution in [3.63, 3.8) is 0 Å². The first-order valence-corrected chi connectivity index (χ1v) is 7.67. The van der Waals surface area contributed by atoms with Gasteiger partial charge in [-0.2, -0.15) is 0 Å². The van der Waals surface area contributed by atoms with Crippen LogP contribution in [0, 0.1) is 6.92 Å². The predicted octanol–water partition coefficient (Wildman–Crippen LogP) is 3.37. The third kappa shape index (κ3) is 4.95. The van der Waals surface area contributed by atoms with E-state index in [9.17, 15) is 9.59 Å². The average Bonchev–Trinajstić information content (AvgIpc) is 2.49. The summed E-state index contributed by atoms with van der Waals surface area (Å²) in [4.78, 5) is 23.2. The van der Waals surface area contributed by atoms with Crippen molar-refractivity contribution in [3.05, 3.63) is 65.2 Å². The van der Waals surface area contributed by atoms with Gasteiger partial charge in [0, 0.05) is 12.6 Å². The number of amides is 2. The Hall–Kier alpha value is -2.62. The fourth-order valence-electron chi connectivity index (χ4n) is 2.54. The van der Waals surface area contributed by atoms with Gasteiger partial charge < -0.3 is 10.6 Å². The van der Waals surface area contributed by atoms with E-state index in [0.717, 1.165) is 16.8 Å². The number of hydrogen-bond donors (Lipinski definition) is 2. The standard InChI is InChI=1S/C19H22N2O2/c1-13-6-4-5-7-18(13)14(2)20-19(23)12-16-8-10-17(11-9-16)21-15(3)22/h4-11,14H,12H2,1-3H3,(H,20,23)(H,21,22)/t14-/m0/s1. The third-order valence-electron chi connectivity index (χ3n) is 3.67. The summed E-state index contributed by atoms with van der Waals surface area (Å²) >= 11 is 0. The minimum absolute atomic E-state index is 0.0203. The van der Waals surface area contributed by atoms with E-state index in [1.165, 1.54) is 12.5 Å². The second kappa shape index (κ2) is 7.58. The molecular formula is C19H22N2O2. The Morgan fingerprint density at radius 2 is 1.70 bits per heavy atom. The molecule has 0 saturated heterocycles. The molecule has 0 bridgehead atoms. The first-order valence-electron chi connectivity index (χ1n) is 7.67. The Balaban J connectivity index is 1.94. The van der Waals surface area contributed by atoms with Gasteiger partial charge >= 0.3 is 0 Å². The zero-order chi connectivity index (χ0) is 16.8. The van der Waals surface area contributed by atoms with Gasteiger partial charge in [-0.1, -0.05) is 36.4 Å². The molecule has 0 spiro atoms. The van der Waals surface area contributed by atoms with Crippen molar-refractivity contribution in [2.24, 2.45) is 0 Å². The number of carbonyl (C=O) groups excluding carboxylic acids is 2. The van der Waals surface area contributed by atoms with Crippen LogP contribution in [0.25, 0.3) is 0 Å². The number of carbonyl (C=O) groups is 2. The molecule has 4 nitrogen and oxygen atoms in total. The van der Waals surface area contributed by atoms with Crippen molar-refractivity contribution in [1.82, 2.24) is 5.32 Å². The molecule has 0 aliphatic heterocycles. The van der Waals surface area contributed by atoms with E-state index in [1.54, 1.807) is 12.1 Å². The highest BCUT2D eigenvalue weighted by atomic mass is 16.2. The summed E-state index contributed by atoms with van der Waals surface area (Å²) < 4.78 is 0. The monoisotopic (exact) mass is 310 g/mol. The molecule has 0 aliphatic rings. The molecule has 2 amide bonds. The van der Waals surface area contributed by atoms with Crippen LogP contribution in [-0.2, 0) is 16.0 Å². The molecule has 23 heavy (non-hydrogen) atoms. The molecule has 2 aromatic rings. The summed E-state index contributed by atoms with van der Waals surface area (Å²) in [6.07, 6.45) is 0.316. The number of anilines is 1. The van der Waals surface area contributed by atoms with E-state index in [2.05, 4.69) is 10.6 Å². The van der Waals surface area contributed by atoms with Crippen LogP contribution >= 0.6 is 0 Å². The summed E-state index contributed by atoms with van der Waals surface area (Å²) in [7, 11) is 0. The molecule has 1 atom stereocenters. The first kappa shape index (κ1) is 16.7. The molecule has 0 fully saturated rings. The molecule has 0 radical (unpaired) electrons. The van der Waals surface area contributed by atoms with Crippen molar-refractivity contribution in [2.75, 3.05) is 5.32 Å². The Bertz CT molecular complexity index is 693. The second-order valence-corrected chi connectivity index (χ2v) is 5.70. The van der Waals surface area contributed by atoms with E-state index in [-0.39, 0.29) is 17.9 Å². The SMILES string of the molecule is CC(=O)Nc1ccc(CC(=O)N[C@@H](C)c2ccccc2C)cc1. The second-order valence-electron chi connectivity index (χ2n) is 5.70. The number of rotatable bonds is 5. The minimum Gasteiger partial charge on any atom is -0.349 e. The highest BCUT2D eigenvalue weighted by Gasteiger charge is 2.11. The maximum absolute atomic E-state index is 12.2. The fraction of sp³-hybridized carbons (Fsp3) is 0.263. The lowest BCUT2D eigenvalue weighted by atomic mass is 10.0. The van der Waals surface area contributed by atoms with Gasteiger partial charge in [-0.05, 0) is 42.7 Å². The van der Waals surface area contributed by atoms with Gasteiger partial charge in [-0.3, -0.25) is 9.59 Å². The van der Waals surface area contributed by atoms with E-state index < -0.39 is 0 Å². The van der Waals surface area contributed by atoms with Crippen molar-refractivity contribution in [2.45, 2.75) is 33.2 Å². The van der Waals surface area contributed by atoms with Gasteiger partial charge in [-0.15, -0.1) is 0 Å². The van der Waals surface area contributed by atoms with Crippen LogP contribution in [0.4, 0.5) is 5.69 Å². The van der Waals surface area contributed by atoms with E-state index in [4.69, 9.17) is 0 Å². The first-order chi connectivity index (χ1) is 11.0. The van der Waals surface area contributed by atoms with Crippen LogP contribution in [0.1, 0.15) is 36.6 Å². The normalized spacial score (nSPS) is 11.6. The van der Waals surface area contributed by atoms with Crippen LogP contribution in [-0.4, -0.2) is 11.8 Å². The lowest BCUT2D eigenvalue weighted by molar-refractivity contribution is -0.121. The van der Waals surface area contributed by atoms with Crippen LogP contribution in [0.15, 0.2) is 48.5 Å². The Morgan fingerprint density at radius 1 is 1.04 bits per heavy atom. The van der Waals surface area contributed by atoms with E-state index in [0.29, 0.717) is 6.42 Å². The lowest BCUT2D eigenvalue weighted by Gasteiger charge is -2.16. The largest absolute Gasteiger partial charge is 0.349 e. The van der Waals surface area contributed by atoms with Crippen LogP contribution < -0.4 is 10.6 Å². The highest BCUT2D eigenvalue weighted by molar-refractivity contribution is 5.88. The zero-order valence-electron chi connectivity index (χ0n) is 13.7. The summed E-state index contributed by atoms with van der Waals surface area (Å²) in [5.74, 6) is -0.129. The maximum Gasteiger partial charge on any atom is 0.224 e. The molecular weight excluding hydrogens is 288 g/mol. The molecule has 0 heterocycles. The van der Waals surface area contributed by atoms with Crippen molar-refractivity contribution in [1.29, 1.82) is 0 Å². The van der Waals surface area contributed by atoms with Gasteiger partial charge in [0.25, 0.3) is 0 Å². The predicted molar refractivity (Wildman–Crippen MR) is 92.2 cm³/mol. The summed E-state index contributed by atoms with van der Waals surface area (Å²) in [5, 5.41) is 5.73. The molecule has 0 aromatic heterocycles. The summed E-state index contributed by atoms with van der Waals surface area (Å²) in [6, 6.07) is 15.3. The van der Waals surface area contributed by atoms with Gasteiger partial charge in [0.2, 0.25) is 11.8 Å². The Morgan fingerprint density at radius 3 is 2.30 bits per heavy atom. The molecule has 0 aliphatic carbocycles. The Kier molecular flexibility index (Phi) is 5.52. The van der Waals surface area contributed by atoms with E-state index in [1.807, 2.05) is 50.2 Å². The number of nitrogens with one attached hydrogen (secondary N) is 2. The van der Waals surface area contributed by atoms with Gasteiger partial charge in [0.05, 0.1) is 12.5 Å². The lowest BCUT2D eigenvalue weighted by Crippen LogP contribution is -2.28. The molecule has 2 N–H and O–H groups in total. The van der Waals surface area contributed by atoms with Gasteiger partial charge in [0.1, 0.15) is 0 Å². The van der Waals surface area contributed by atoms with Crippen LogP contribution in [0.2, 0.25) is 0 Å². The summed E-state index contributed by atoms with van der Waals surface area (Å²) in [6.45, 7) is 5.49. The molecule has 2 rings (SSSR count). The zero-order valence-corrected chi connectivity index (χ0v) is 13.7. The molecule has 0 saturated carbocycles. The van der Waals surface area contributed by atoms with Gasteiger partial charge in [0.15, 0.2) is 0 Å². The smallest absolute Gasteiger partial charge is 0.224 e. The molecule has 0 unspecified atom stereocenters. The Labute approximate surface area is 136 Å². The molecule has 4 heteroatoms. The van der Waals surface area contributed by atoms with Crippen LogP contribution in [0.3, 0.4) is 0 Å². The molecule has 120 valence electrons. The number of aryl methyl sites for hydroxylation is 1. The van der Waals surface area contributed by atoms with Crippen molar-refractivity contribution >= 4 is 17.5 Å². The number of benzene rings is 2. The topological polar surface area (TPSA) is 58.2 Å². The van der Waals surface area contributed by atoms with E-state index >= 15 is 0 Å². The fourth-order valence-corrected chi connectivity index (χ4v) is 2.54. The summed E-state index contributed by atoms with van der Waals surface area (Å²) in [5.41, 5.74) is 3.94.